The zero-order chi connectivity index (χ0) is 17.3. The van der Waals surface area contributed by atoms with Crippen molar-refractivity contribution in [1.82, 2.24) is 4.57 Å². The summed E-state index contributed by atoms with van der Waals surface area (Å²) < 4.78 is 2.41. The predicted molar refractivity (Wildman–Crippen MR) is 110 cm³/mol. The molecule has 0 spiro atoms. The van der Waals surface area contributed by atoms with Crippen LogP contribution in [0.5, 0.6) is 0 Å². The number of aromatic nitrogens is 1. The van der Waals surface area contributed by atoms with Crippen molar-refractivity contribution in [3.8, 4) is 27.9 Å². The molecule has 0 unspecified atom stereocenters. The summed E-state index contributed by atoms with van der Waals surface area (Å²) in [6.07, 6.45) is 0. The Hall–Kier alpha value is -3.52. The highest BCUT2D eigenvalue weighted by atomic mass is 15.0. The number of para-hydroxylation sites is 3. The largest absolute Gasteiger partial charge is 0.399 e. The van der Waals surface area contributed by atoms with E-state index in [1.54, 1.807) is 0 Å². The van der Waals surface area contributed by atoms with Crippen LogP contribution in [-0.4, -0.2) is 4.57 Å². The van der Waals surface area contributed by atoms with Gasteiger partial charge >= 0.3 is 0 Å². The smallest absolute Gasteiger partial charge is 0.0619 e. The first-order valence-electron chi connectivity index (χ1n) is 8.85. The molecule has 1 aliphatic rings. The molecule has 2 heterocycles. The zero-order valence-corrected chi connectivity index (χ0v) is 14.1. The van der Waals surface area contributed by atoms with Crippen molar-refractivity contribution in [2.24, 2.45) is 0 Å². The van der Waals surface area contributed by atoms with Gasteiger partial charge in [0, 0.05) is 27.6 Å². The SMILES string of the molecule is Nc1ccc2c(c1)-c1ccccc1-n1c3ccccc3c3cccc-2c31. The van der Waals surface area contributed by atoms with Gasteiger partial charge in [-0.25, -0.2) is 0 Å². The minimum absolute atomic E-state index is 0.794. The summed E-state index contributed by atoms with van der Waals surface area (Å²) in [6, 6.07) is 30.1. The third-order valence-electron chi connectivity index (χ3n) is 5.46. The van der Waals surface area contributed by atoms with E-state index < -0.39 is 0 Å². The summed E-state index contributed by atoms with van der Waals surface area (Å²) in [5, 5.41) is 2.58. The monoisotopic (exact) mass is 332 g/mol. The molecular weight excluding hydrogens is 316 g/mol. The van der Waals surface area contributed by atoms with Crippen LogP contribution in [0.15, 0.2) is 84.9 Å². The standard InChI is InChI=1S/C24H16N2/c25-15-12-13-16-19-8-5-9-20-17-6-1-3-10-22(17)26(24(19)20)23-11-4-2-7-18(23)21(16)14-15/h1-14H,25H2. The molecule has 6 rings (SSSR count). The molecule has 0 atom stereocenters. The van der Waals surface area contributed by atoms with Crippen molar-refractivity contribution in [1.29, 1.82) is 0 Å². The minimum atomic E-state index is 0.794. The van der Waals surface area contributed by atoms with Crippen LogP contribution in [0, 0.1) is 0 Å². The number of nitrogens with two attached hydrogens (primary N) is 1. The van der Waals surface area contributed by atoms with Crippen LogP contribution in [0.2, 0.25) is 0 Å². The van der Waals surface area contributed by atoms with Crippen LogP contribution in [0.25, 0.3) is 49.7 Å². The van der Waals surface area contributed by atoms with E-state index in [4.69, 9.17) is 5.73 Å². The second-order valence-electron chi connectivity index (χ2n) is 6.88. The van der Waals surface area contributed by atoms with Gasteiger partial charge in [-0.1, -0.05) is 60.7 Å². The van der Waals surface area contributed by atoms with Gasteiger partial charge in [0.15, 0.2) is 0 Å². The lowest BCUT2D eigenvalue weighted by Gasteiger charge is -2.12. The van der Waals surface area contributed by atoms with E-state index in [-0.39, 0.29) is 0 Å². The van der Waals surface area contributed by atoms with E-state index in [2.05, 4.69) is 83.4 Å². The molecule has 0 saturated carbocycles. The topological polar surface area (TPSA) is 30.9 Å². The molecule has 26 heavy (non-hydrogen) atoms. The van der Waals surface area contributed by atoms with Gasteiger partial charge in [-0.2, -0.15) is 0 Å². The Balaban J connectivity index is 1.96. The molecule has 1 aliphatic heterocycles. The zero-order valence-electron chi connectivity index (χ0n) is 14.1. The van der Waals surface area contributed by atoms with Gasteiger partial charge < -0.3 is 10.3 Å². The number of nitrogens with zero attached hydrogens (tertiary/aromatic N) is 1. The molecule has 0 amide bonds. The lowest BCUT2D eigenvalue weighted by Crippen LogP contribution is -1.95. The summed E-state index contributed by atoms with van der Waals surface area (Å²) in [4.78, 5) is 0. The van der Waals surface area contributed by atoms with Gasteiger partial charge in [-0.3, -0.25) is 0 Å². The highest BCUT2D eigenvalue weighted by Gasteiger charge is 2.23. The van der Waals surface area contributed by atoms with Crippen molar-refractivity contribution < 1.29 is 0 Å². The number of hydrogen-bond donors (Lipinski definition) is 1. The Bertz CT molecular complexity index is 1340. The molecular formula is C24H16N2. The van der Waals surface area contributed by atoms with Gasteiger partial charge in [0.2, 0.25) is 0 Å². The van der Waals surface area contributed by atoms with E-state index in [1.165, 1.54) is 49.7 Å². The van der Waals surface area contributed by atoms with Crippen LogP contribution in [0.1, 0.15) is 0 Å². The molecule has 0 aliphatic carbocycles. The van der Waals surface area contributed by atoms with Crippen molar-refractivity contribution >= 4 is 27.5 Å². The predicted octanol–water partition coefficient (Wildman–Crippen LogP) is 6.01. The van der Waals surface area contributed by atoms with E-state index in [0.29, 0.717) is 0 Å². The maximum Gasteiger partial charge on any atom is 0.0619 e. The van der Waals surface area contributed by atoms with Gasteiger partial charge in [-0.05, 0) is 35.4 Å². The molecule has 2 N–H and O–H groups in total. The van der Waals surface area contributed by atoms with Crippen LogP contribution < -0.4 is 5.73 Å². The fraction of sp³-hybridized carbons (Fsp3) is 0. The van der Waals surface area contributed by atoms with E-state index in [1.807, 2.05) is 6.07 Å². The van der Waals surface area contributed by atoms with E-state index in [9.17, 15) is 0 Å². The van der Waals surface area contributed by atoms with Gasteiger partial charge in [0.05, 0.1) is 16.7 Å². The average Bonchev–Trinajstić information content (AvgIpc) is 2.96. The minimum Gasteiger partial charge on any atom is -0.399 e. The Kier molecular flexibility index (Phi) is 2.52. The summed E-state index contributed by atoms with van der Waals surface area (Å²) in [6.45, 7) is 0. The maximum atomic E-state index is 6.15. The van der Waals surface area contributed by atoms with Gasteiger partial charge in [-0.15, -0.1) is 0 Å². The number of benzene rings is 4. The first-order chi connectivity index (χ1) is 12.8. The molecule has 0 fully saturated rings. The van der Waals surface area contributed by atoms with Crippen molar-refractivity contribution in [2.75, 3.05) is 5.73 Å². The first kappa shape index (κ1) is 13.7. The van der Waals surface area contributed by atoms with E-state index >= 15 is 0 Å². The third-order valence-corrected chi connectivity index (χ3v) is 5.46. The Labute approximate surface area is 151 Å². The molecule has 0 radical (unpaired) electrons. The number of nitrogen functional groups attached to an aromatic ring is 1. The highest BCUT2D eigenvalue weighted by molar-refractivity contribution is 6.16. The molecule has 122 valence electrons. The van der Waals surface area contributed by atoms with Gasteiger partial charge in [0.1, 0.15) is 0 Å². The number of hydrogen-bond acceptors (Lipinski definition) is 1. The van der Waals surface area contributed by atoms with Crippen molar-refractivity contribution in [2.45, 2.75) is 0 Å². The van der Waals surface area contributed by atoms with Crippen molar-refractivity contribution in [3.05, 3.63) is 84.9 Å². The van der Waals surface area contributed by atoms with Crippen LogP contribution >= 0.6 is 0 Å². The van der Waals surface area contributed by atoms with Crippen LogP contribution in [0.4, 0.5) is 5.69 Å². The second-order valence-corrected chi connectivity index (χ2v) is 6.88. The summed E-state index contributed by atoms with van der Waals surface area (Å²) >= 11 is 0. The second kappa shape index (κ2) is 4.77. The third kappa shape index (κ3) is 1.61. The Morgan fingerprint density at radius 1 is 0.577 bits per heavy atom. The molecule has 2 heteroatoms. The van der Waals surface area contributed by atoms with Crippen LogP contribution in [-0.2, 0) is 0 Å². The van der Waals surface area contributed by atoms with Crippen LogP contribution in [0.3, 0.4) is 0 Å². The fourth-order valence-corrected chi connectivity index (χ4v) is 4.40. The molecule has 4 aromatic carbocycles. The molecule has 0 bridgehead atoms. The summed E-state index contributed by atoms with van der Waals surface area (Å²) in [7, 11) is 0. The Morgan fingerprint density at radius 2 is 1.35 bits per heavy atom. The van der Waals surface area contributed by atoms with Crippen molar-refractivity contribution in [3.63, 3.8) is 0 Å². The average molecular weight is 332 g/mol. The quantitative estimate of drug-likeness (QED) is 0.339. The molecule has 5 aromatic rings. The summed E-state index contributed by atoms with van der Waals surface area (Å²) in [5.41, 5.74) is 15.6. The lowest BCUT2D eigenvalue weighted by atomic mass is 9.93. The molecule has 1 aromatic heterocycles. The normalized spacial score (nSPS) is 12.0. The van der Waals surface area contributed by atoms with Gasteiger partial charge in [0.25, 0.3) is 0 Å². The molecule has 0 saturated heterocycles. The number of rotatable bonds is 0. The highest BCUT2D eigenvalue weighted by Crippen LogP contribution is 2.46. The fourth-order valence-electron chi connectivity index (χ4n) is 4.40. The van der Waals surface area contributed by atoms with E-state index in [0.717, 1.165) is 5.69 Å². The lowest BCUT2D eigenvalue weighted by molar-refractivity contribution is 1.19. The molecule has 2 nitrogen and oxygen atoms in total. The maximum absolute atomic E-state index is 6.15. The number of fused-ring (bicyclic) bond motifs is 8. The Morgan fingerprint density at radius 3 is 2.31 bits per heavy atom. The number of anilines is 1. The first-order valence-corrected chi connectivity index (χ1v) is 8.85. The summed E-state index contributed by atoms with van der Waals surface area (Å²) in [5.74, 6) is 0.